The van der Waals surface area contributed by atoms with Crippen LogP contribution in [-0.4, -0.2) is 0 Å². The third-order valence-electron chi connectivity index (χ3n) is 2.23. The zero-order chi connectivity index (χ0) is 12.3. The summed E-state index contributed by atoms with van der Waals surface area (Å²) < 4.78 is 6.88. The molecule has 0 aliphatic heterocycles. The van der Waals surface area contributed by atoms with Gasteiger partial charge in [0.1, 0.15) is 11.5 Å². The second-order valence-corrected chi connectivity index (χ2v) is 5.28. The van der Waals surface area contributed by atoms with Crippen LogP contribution in [0.2, 0.25) is 5.02 Å². The van der Waals surface area contributed by atoms with Crippen LogP contribution in [0, 0.1) is 3.57 Å². The summed E-state index contributed by atoms with van der Waals surface area (Å²) >= 11 is 14.0. The molecule has 0 bridgehead atoms. The maximum absolute atomic E-state index is 5.95. The molecule has 0 radical (unpaired) electrons. The molecule has 1 nitrogen and oxygen atoms in total. The van der Waals surface area contributed by atoms with Crippen molar-refractivity contribution in [1.29, 1.82) is 0 Å². The Morgan fingerprint density at radius 2 is 1.82 bits per heavy atom. The number of ether oxygens (including phenoxy) is 1. The smallest absolute Gasteiger partial charge is 0.140 e. The Hall–Kier alpha value is -0.450. The molecule has 0 fully saturated rings. The van der Waals surface area contributed by atoms with Crippen molar-refractivity contribution in [2.24, 2.45) is 0 Å². The molecule has 0 atom stereocenters. The first-order valence-electron chi connectivity index (χ1n) is 4.97. The Morgan fingerprint density at radius 3 is 2.53 bits per heavy atom. The minimum absolute atomic E-state index is 0.399. The molecule has 0 unspecified atom stereocenters. The Labute approximate surface area is 124 Å². The van der Waals surface area contributed by atoms with Gasteiger partial charge in [0.15, 0.2) is 0 Å². The third kappa shape index (κ3) is 3.27. The van der Waals surface area contributed by atoms with Gasteiger partial charge in [-0.25, -0.2) is 0 Å². The summed E-state index contributed by atoms with van der Waals surface area (Å²) in [5, 5.41) is 0.639. The standard InChI is InChI=1S/C13H9Cl2IO/c14-8-9-5-6-10(15)7-13(9)17-12-4-2-1-3-11(12)16/h1-7H,8H2. The lowest BCUT2D eigenvalue weighted by Gasteiger charge is -2.11. The first-order chi connectivity index (χ1) is 8.20. The third-order valence-corrected chi connectivity index (χ3v) is 3.64. The first kappa shape index (κ1) is 13.0. The molecular weight excluding hydrogens is 370 g/mol. The molecule has 0 amide bonds. The van der Waals surface area contributed by atoms with E-state index in [1.165, 1.54) is 0 Å². The van der Waals surface area contributed by atoms with Crippen molar-refractivity contribution in [2.75, 3.05) is 0 Å². The highest BCUT2D eigenvalue weighted by atomic mass is 127. The van der Waals surface area contributed by atoms with Crippen LogP contribution >= 0.6 is 45.8 Å². The van der Waals surface area contributed by atoms with Gasteiger partial charge in [-0.2, -0.15) is 0 Å². The van der Waals surface area contributed by atoms with Gasteiger partial charge in [-0.05, 0) is 46.9 Å². The molecule has 2 aromatic carbocycles. The Morgan fingerprint density at radius 1 is 1.06 bits per heavy atom. The molecule has 0 spiro atoms. The number of alkyl halides is 1. The van der Waals surface area contributed by atoms with Crippen molar-refractivity contribution in [3.63, 3.8) is 0 Å². The topological polar surface area (TPSA) is 9.23 Å². The molecule has 4 heteroatoms. The number of halogens is 3. The second kappa shape index (κ2) is 5.94. The summed E-state index contributed by atoms with van der Waals surface area (Å²) in [5.74, 6) is 1.91. The maximum atomic E-state index is 5.95. The minimum Gasteiger partial charge on any atom is -0.456 e. The number of hydrogen-bond acceptors (Lipinski definition) is 1. The molecule has 2 aromatic rings. The number of benzene rings is 2. The van der Waals surface area contributed by atoms with Gasteiger partial charge in [0, 0.05) is 10.6 Å². The van der Waals surface area contributed by atoms with E-state index >= 15 is 0 Å². The van der Waals surface area contributed by atoms with Crippen LogP contribution in [0.25, 0.3) is 0 Å². The molecule has 0 heterocycles. The van der Waals surface area contributed by atoms with E-state index in [0.29, 0.717) is 16.7 Å². The molecule has 0 aromatic heterocycles. The van der Waals surface area contributed by atoms with Gasteiger partial charge < -0.3 is 4.74 Å². The fourth-order valence-electron chi connectivity index (χ4n) is 1.38. The Bertz CT molecular complexity index is 529. The summed E-state index contributed by atoms with van der Waals surface area (Å²) in [6.07, 6.45) is 0. The van der Waals surface area contributed by atoms with E-state index in [9.17, 15) is 0 Å². The van der Waals surface area contributed by atoms with Crippen LogP contribution in [0.5, 0.6) is 11.5 Å². The molecule has 0 N–H and O–H groups in total. The van der Waals surface area contributed by atoms with Crippen LogP contribution in [-0.2, 0) is 5.88 Å². The number of hydrogen-bond donors (Lipinski definition) is 0. The lowest BCUT2D eigenvalue weighted by molar-refractivity contribution is 0.475. The number of para-hydroxylation sites is 1. The monoisotopic (exact) mass is 378 g/mol. The SMILES string of the molecule is ClCc1ccc(Cl)cc1Oc1ccccc1I. The van der Waals surface area contributed by atoms with Crippen LogP contribution in [0.4, 0.5) is 0 Å². The van der Waals surface area contributed by atoms with E-state index < -0.39 is 0 Å². The fraction of sp³-hybridized carbons (Fsp3) is 0.0769. The van der Waals surface area contributed by atoms with Crippen LogP contribution in [0.15, 0.2) is 42.5 Å². The van der Waals surface area contributed by atoms with E-state index in [2.05, 4.69) is 22.6 Å². The van der Waals surface area contributed by atoms with Crippen molar-refractivity contribution in [3.8, 4) is 11.5 Å². The molecular formula is C13H9Cl2IO. The van der Waals surface area contributed by atoms with Gasteiger partial charge >= 0.3 is 0 Å². The normalized spacial score (nSPS) is 10.3. The molecule has 0 aliphatic rings. The van der Waals surface area contributed by atoms with Crippen molar-refractivity contribution in [1.82, 2.24) is 0 Å². The second-order valence-electron chi connectivity index (χ2n) is 3.42. The van der Waals surface area contributed by atoms with Crippen LogP contribution in [0.3, 0.4) is 0 Å². The highest BCUT2D eigenvalue weighted by Crippen LogP contribution is 2.31. The van der Waals surface area contributed by atoms with Gasteiger partial charge in [-0.15, -0.1) is 11.6 Å². The van der Waals surface area contributed by atoms with Gasteiger partial charge in [0.05, 0.1) is 9.45 Å². The predicted molar refractivity (Wildman–Crippen MR) is 80.2 cm³/mol. The first-order valence-corrected chi connectivity index (χ1v) is 6.96. The van der Waals surface area contributed by atoms with Crippen LogP contribution < -0.4 is 4.74 Å². The summed E-state index contributed by atoms with van der Waals surface area (Å²) in [6.45, 7) is 0. The molecule has 88 valence electrons. The van der Waals surface area contributed by atoms with Crippen LogP contribution in [0.1, 0.15) is 5.56 Å². The molecule has 0 saturated heterocycles. The zero-order valence-corrected chi connectivity index (χ0v) is 12.5. The quantitative estimate of drug-likeness (QED) is 0.507. The highest BCUT2D eigenvalue weighted by Gasteiger charge is 2.07. The Balaban J connectivity index is 2.35. The van der Waals surface area contributed by atoms with E-state index in [-0.39, 0.29) is 0 Å². The largest absolute Gasteiger partial charge is 0.456 e. The van der Waals surface area contributed by atoms with Crippen molar-refractivity contribution in [2.45, 2.75) is 5.88 Å². The molecule has 0 saturated carbocycles. The maximum Gasteiger partial charge on any atom is 0.140 e. The zero-order valence-electron chi connectivity index (χ0n) is 8.79. The summed E-state index contributed by atoms with van der Waals surface area (Å²) in [4.78, 5) is 0. The predicted octanol–water partition coefficient (Wildman–Crippen LogP) is 5.48. The summed E-state index contributed by atoms with van der Waals surface area (Å²) in [7, 11) is 0. The van der Waals surface area contributed by atoms with Gasteiger partial charge in [0.25, 0.3) is 0 Å². The van der Waals surface area contributed by atoms with Crippen molar-refractivity contribution < 1.29 is 4.74 Å². The van der Waals surface area contributed by atoms with Gasteiger partial charge in [0.2, 0.25) is 0 Å². The average molecular weight is 379 g/mol. The summed E-state index contributed by atoms with van der Waals surface area (Å²) in [5.41, 5.74) is 0.927. The van der Waals surface area contributed by atoms with Crippen molar-refractivity contribution in [3.05, 3.63) is 56.6 Å². The van der Waals surface area contributed by atoms with Gasteiger partial charge in [-0.1, -0.05) is 29.8 Å². The molecule has 0 aliphatic carbocycles. The van der Waals surface area contributed by atoms with E-state index in [1.807, 2.05) is 36.4 Å². The lowest BCUT2D eigenvalue weighted by atomic mass is 10.2. The van der Waals surface area contributed by atoms with E-state index in [1.54, 1.807) is 6.07 Å². The van der Waals surface area contributed by atoms with E-state index in [0.717, 1.165) is 14.9 Å². The number of rotatable bonds is 3. The lowest BCUT2D eigenvalue weighted by Crippen LogP contribution is -1.91. The summed E-state index contributed by atoms with van der Waals surface area (Å²) in [6, 6.07) is 13.3. The fourth-order valence-corrected chi connectivity index (χ4v) is 2.26. The average Bonchev–Trinajstić information content (AvgIpc) is 2.32. The van der Waals surface area contributed by atoms with Crippen molar-refractivity contribution >= 4 is 45.8 Å². The van der Waals surface area contributed by atoms with E-state index in [4.69, 9.17) is 27.9 Å². The van der Waals surface area contributed by atoms with Gasteiger partial charge in [-0.3, -0.25) is 0 Å². The molecule has 2 rings (SSSR count). The minimum atomic E-state index is 0.399. The molecule has 17 heavy (non-hydrogen) atoms. The highest BCUT2D eigenvalue weighted by molar-refractivity contribution is 14.1. The Kier molecular flexibility index (Phi) is 4.54.